The van der Waals surface area contributed by atoms with Crippen LogP contribution >= 0.6 is 34.5 Å². The van der Waals surface area contributed by atoms with Crippen molar-refractivity contribution in [1.82, 2.24) is 15.5 Å². The molecule has 0 bridgehead atoms. The summed E-state index contributed by atoms with van der Waals surface area (Å²) in [6, 6.07) is 1.73. The molecule has 0 spiro atoms. The van der Waals surface area contributed by atoms with Crippen molar-refractivity contribution in [3.05, 3.63) is 20.6 Å². The zero-order chi connectivity index (χ0) is 11.7. The molecule has 1 N–H and O–H groups in total. The fourth-order valence-corrected chi connectivity index (χ4v) is 2.58. The van der Waals surface area contributed by atoms with Gasteiger partial charge in [0.15, 0.2) is 0 Å². The summed E-state index contributed by atoms with van der Waals surface area (Å²) in [5.41, 5.74) is 0.679. The second kappa shape index (κ2) is 4.71. The van der Waals surface area contributed by atoms with Crippen LogP contribution in [0.15, 0.2) is 10.5 Å². The lowest BCUT2D eigenvalue weighted by molar-refractivity contribution is 0.441. The Morgan fingerprint density at radius 2 is 2.19 bits per heavy atom. The number of rotatable bonds is 3. The Bertz CT molecular complexity index is 497. The molecule has 0 fully saturated rings. The van der Waals surface area contributed by atoms with Gasteiger partial charge in [-0.05, 0) is 20.0 Å². The molecule has 0 aliphatic carbocycles. The number of thiophene rings is 1. The highest BCUT2D eigenvalue weighted by molar-refractivity contribution is 7.20. The summed E-state index contributed by atoms with van der Waals surface area (Å²) in [5, 5.41) is 10.9. The minimum absolute atomic E-state index is 0.00846. The molecule has 0 aliphatic rings. The van der Waals surface area contributed by atoms with Crippen molar-refractivity contribution >= 4 is 34.5 Å². The highest BCUT2D eigenvalue weighted by Crippen LogP contribution is 2.37. The van der Waals surface area contributed by atoms with Gasteiger partial charge in [-0.1, -0.05) is 23.2 Å². The van der Waals surface area contributed by atoms with Crippen LogP contribution in [-0.2, 0) is 0 Å². The summed E-state index contributed by atoms with van der Waals surface area (Å²) in [6.07, 6.45) is 0. The average molecular weight is 278 g/mol. The highest BCUT2D eigenvalue weighted by Gasteiger charge is 2.17. The van der Waals surface area contributed by atoms with Gasteiger partial charge in [-0.3, -0.25) is 0 Å². The lowest BCUT2D eigenvalue weighted by atomic mass is 10.3. The molecule has 2 aromatic heterocycles. The minimum atomic E-state index is 0.00846. The molecule has 2 rings (SSSR count). The smallest absolute Gasteiger partial charge is 0.250 e. The fraction of sp³-hybridized carbons (Fsp3) is 0.333. The maximum atomic E-state index is 5.99. The SMILES string of the molecule is CNC(C)c1nnc(-c2cc(Cl)sc2Cl)o1. The largest absolute Gasteiger partial charge is 0.419 e. The lowest BCUT2D eigenvalue weighted by Crippen LogP contribution is -2.12. The Hall–Kier alpha value is -0.620. The van der Waals surface area contributed by atoms with Gasteiger partial charge in [0.25, 0.3) is 0 Å². The van der Waals surface area contributed by atoms with Crippen LogP contribution in [0.3, 0.4) is 0 Å². The predicted octanol–water partition coefficient (Wildman–Crippen LogP) is 3.39. The number of halogens is 2. The van der Waals surface area contributed by atoms with Crippen LogP contribution in [0, 0.1) is 0 Å². The summed E-state index contributed by atoms with van der Waals surface area (Å²) in [4.78, 5) is 0. The van der Waals surface area contributed by atoms with E-state index in [1.165, 1.54) is 11.3 Å². The third-order valence-corrected chi connectivity index (χ3v) is 3.62. The van der Waals surface area contributed by atoms with Crippen LogP contribution in [-0.4, -0.2) is 17.2 Å². The van der Waals surface area contributed by atoms with Gasteiger partial charge < -0.3 is 9.73 Å². The van der Waals surface area contributed by atoms with E-state index in [0.29, 0.717) is 26.0 Å². The lowest BCUT2D eigenvalue weighted by Gasteiger charge is -2.01. The van der Waals surface area contributed by atoms with Crippen LogP contribution in [0.1, 0.15) is 18.9 Å². The monoisotopic (exact) mass is 277 g/mol. The van der Waals surface area contributed by atoms with E-state index in [-0.39, 0.29) is 6.04 Å². The Labute approximate surface area is 107 Å². The Kier molecular flexibility index (Phi) is 3.49. The average Bonchev–Trinajstić information content (AvgIpc) is 2.83. The van der Waals surface area contributed by atoms with E-state index in [0.717, 1.165) is 0 Å². The highest BCUT2D eigenvalue weighted by atomic mass is 35.5. The molecule has 1 unspecified atom stereocenters. The van der Waals surface area contributed by atoms with Gasteiger partial charge in [0.05, 0.1) is 15.9 Å². The molecule has 0 aromatic carbocycles. The quantitative estimate of drug-likeness (QED) is 0.935. The van der Waals surface area contributed by atoms with E-state index in [1.54, 1.807) is 6.07 Å². The molecule has 7 heteroatoms. The van der Waals surface area contributed by atoms with Gasteiger partial charge >= 0.3 is 0 Å². The Balaban J connectivity index is 2.35. The number of hydrogen-bond donors (Lipinski definition) is 1. The fourth-order valence-electron chi connectivity index (χ4n) is 1.13. The summed E-state index contributed by atoms with van der Waals surface area (Å²) in [6.45, 7) is 1.93. The number of hydrogen-bond acceptors (Lipinski definition) is 5. The topological polar surface area (TPSA) is 51.0 Å². The van der Waals surface area contributed by atoms with Gasteiger partial charge in [0, 0.05) is 0 Å². The van der Waals surface area contributed by atoms with Gasteiger partial charge in [0.2, 0.25) is 11.8 Å². The summed E-state index contributed by atoms with van der Waals surface area (Å²) >= 11 is 13.1. The van der Waals surface area contributed by atoms with Crippen molar-refractivity contribution in [2.75, 3.05) is 7.05 Å². The van der Waals surface area contributed by atoms with Gasteiger partial charge in [-0.25, -0.2) is 0 Å². The third kappa shape index (κ3) is 2.22. The number of nitrogens with one attached hydrogen (secondary N) is 1. The van der Waals surface area contributed by atoms with Crippen molar-refractivity contribution in [2.24, 2.45) is 0 Å². The van der Waals surface area contributed by atoms with Crippen molar-refractivity contribution in [1.29, 1.82) is 0 Å². The molecule has 86 valence electrons. The van der Waals surface area contributed by atoms with Crippen molar-refractivity contribution < 1.29 is 4.42 Å². The van der Waals surface area contributed by atoms with E-state index < -0.39 is 0 Å². The normalized spacial score (nSPS) is 13.0. The van der Waals surface area contributed by atoms with Crippen LogP contribution in [0.2, 0.25) is 8.67 Å². The molecular formula is C9H9Cl2N3OS. The summed E-state index contributed by atoms with van der Waals surface area (Å²) < 4.78 is 6.65. The van der Waals surface area contributed by atoms with Crippen LogP contribution in [0.25, 0.3) is 11.5 Å². The Morgan fingerprint density at radius 1 is 1.44 bits per heavy atom. The van der Waals surface area contributed by atoms with Crippen LogP contribution in [0.5, 0.6) is 0 Å². The minimum Gasteiger partial charge on any atom is -0.419 e. The number of aromatic nitrogens is 2. The molecule has 16 heavy (non-hydrogen) atoms. The molecule has 0 radical (unpaired) electrons. The molecule has 2 heterocycles. The maximum absolute atomic E-state index is 5.99. The van der Waals surface area contributed by atoms with Crippen molar-refractivity contribution in [3.63, 3.8) is 0 Å². The van der Waals surface area contributed by atoms with Gasteiger partial charge in [0.1, 0.15) is 4.34 Å². The second-order valence-electron chi connectivity index (χ2n) is 3.19. The first kappa shape index (κ1) is 11.9. The van der Waals surface area contributed by atoms with E-state index in [1.807, 2.05) is 14.0 Å². The van der Waals surface area contributed by atoms with Crippen molar-refractivity contribution in [3.8, 4) is 11.5 Å². The van der Waals surface area contributed by atoms with E-state index in [4.69, 9.17) is 27.6 Å². The molecular weight excluding hydrogens is 269 g/mol. The summed E-state index contributed by atoms with van der Waals surface area (Å²) in [5.74, 6) is 0.918. The van der Waals surface area contributed by atoms with Crippen LogP contribution < -0.4 is 5.32 Å². The van der Waals surface area contributed by atoms with Gasteiger partial charge in [-0.15, -0.1) is 21.5 Å². The Morgan fingerprint density at radius 3 is 2.75 bits per heavy atom. The second-order valence-corrected chi connectivity index (χ2v) is 5.48. The zero-order valence-electron chi connectivity index (χ0n) is 8.62. The third-order valence-electron chi connectivity index (χ3n) is 2.13. The van der Waals surface area contributed by atoms with E-state index in [9.17, 15) is 0 Å². The van der Waals surface area contributed by atoms with Gasteiger partial charge in [-0.2, -0.15) is 0 Å². The standard InChI is InChI=1S/C9H9Cl2N3OS/c1-4(12-2)8-13-14-9(15-8)5-3-6(10)16-7(5)11/h3-4,12H,1-2H3. The summed E-state index contributed by atoms with van der Waals surface area (Å²) in [7, 11) is 1.82. The van der Waals surface area contributed by atoms with Crippen molar-refractivity contribution in [2.45, 2.75) is 13.0 Å². The maximum Gasteiger partial charge on any atom is 0.250 e. The molecule has 0 saturated carbocycles. The predicted molar refractivity (Wildman–Crippen MR) is 65.1 cm³/mol. The first-order valence-corrected chi connectivity index (χ1v) is 6.15. The number of nitrogens with zero attached hydrogens (tertiary/aromatic N) is 2. The molecule has 4 nitrogen and oxygen atoms in total. The van der Waals surface area contributed by atoms with E-state index in [2.05, 4.69) is 15.5 Å². The van der Waals surface area contributed by atoms with E-state index >= 15 is 0 Å². The molecule has 0 aliphatic heterocycles. The molecule has 0 amide bonds. The first-order valence-electron chi connectivity index (χ1n) is 4.57. The van der Waals surface area contributed by atoms with Crippen LogP contribution in [0.4, 0.5) is 0 Å². The molecule has 1 atom stereocenters. The molecule has 0 saturated heterocycles. The zero-order valence-corrected chi connectivity index (χ0v) is 10.9. The first-order chi connectivity index (χ1) is 7.61. The molecule has 2 aromatic rings.